The van der Waals surface area contributed by atoms with Crippen LogP contribution in [-0.2, 0) is 14.4 Å². The van der Waals surface area contributed by atoms with Crippen molar-refractivity contribution in [3.05, 3.63) is 0 Å². The fourth-order valence-corrected chi connectivity index (χ4v) is 2.50. The van der Waals surface area contributed by atoms with Crippen LogP contribution in [0.5, 0.6) is 0 Å². The number of thioether (sulfide) groups is 1. The van der Waals surface area contributed by atoms with Gasteiger partial charge in [0.2, 0.25) is 17.7 Å². The first-order valence-corrected chi connectivity index (χ1v) is 9.37. The minimum absolute atomic E-state index is 0.166. The van der Waals surface area contributed by atoms with Gasteiger partial charge < -0.3 is 27.2 Å². The minimum atomic E-state index is -1.20. The van der Waals surface area contributed by atoms with E-state index in [4.69, 9.17) is 11.5 Å². The van der Waals surface area contributed by atoms with Crippen molar-refractivity contribution in [3.63, 3.8) is 0 Å². The van der Waals surface area contributed by atoms with Gasteiger partial charge in [0.05, 0.1) is 12.1 Å². The molecule has 0 saturated carbocycles. The Morgan fingerprint density at radius 3 is 2.08 bits per heavy atom. The Morgan fingerprint density at radius 2 is 1.67 bits per heavy atom. The molecule has 0 aromatic rings. The maximum atomic E-state index is 12.4. The van der Waals surface area contributed by atoms with Crippen LogP contribution in [0.15, 0.2) is 0 Å². The Hall–Kier alpha value is -1.32. The Morgan fingerprint density at radius 1 is 1.12 bits per heavy atom. The predicted molar refractivity (Wildman–Crippen MR) is 95.2 cm³/mol. The Kier molecular flexibility index (Phi) is 10.7. The zero-order chi connectivity index (χ0) is 18.9. The fourth-order valence-electron chi connectivity index (χ4n) is 2.01. The molecule has 0 heterocycles. The summed E-state index contributed by atoms with van der Waals surface area (Å²) in [6.45, 7) is 5.02. The SMILES string of the molecule is CC[C@H](C)[C@H](NC(=O)[C@@H](NC(=O)[C@@H](N)CCSC)[C@@H](C)O)C(N)=O. The highest BCUT2D eigenvalue weighted by Gasteiger charge is 2.31. The molecule has 0 aliphatic rings. The number of nitrogens with two attached hydrogens (primary N) is 2. The number of carbonyl (C=O) groups excluding carboxylic acids is 3. The number of aliphatic hydroxyl groups excluding tert-OH is 1. The topological polar surface area (TPSA) is 148 Å². The second-order valence-corrected chi connectivity index (χ2v) is 6.87. The molecule has 0 radical (unpaired) electrons. The number of primary amides is 1. The van der Waals surface area contributed by atoms with Crippen LogP contribution in [0.25, 0.3) is 0 Å². The van der Waals surface area contributed by atoms with Crippen molar-refractivity contribution >= 4 is 29.5 Å². The molecule has 9 heteroatoms. The third kappa shape index (κ3) is 7.50. The first-order chi connectivity index (χ1) is 11.1. The van der Waals surface area contributed by atoms with Gasteiger partial charge in [0.15, 0.2) is 0 Å². The van der Waals surface area contributed by atoms with Crippen LogP contribution in [0.1, 0.15) is 33.6 Å². The van der Waals surface area contributed by atoms with Gasteiger partial charge in [0.1, 0.15) is 12.1 Å². The lowest BCUT2D eigenvalue weighted by atomic mass is 9.98. The number of nitrogens with one attached hydrogen (secondary N) is 2. The predicted octanol–water partition coefficient (Wildman–Crippen LogP) is -1.05. The van der Waals surface area contributed by atoms with E-state index in [1.165, 1.54) is 6.92 Å². The summed E-state index contributed by atoms with van der Waals surface area (Å²) in [7, 11) is 0. The first kappa shape index (κ1) is 22.7. The molecule has 24 heavy (non-hydrogen) atoms. The molecule has 0 saturated heterocycles. The van der Waals surface area contributed by atoms with E-state index in [9.17, 15) is 19.5 Å². The molecule has 140 valence electrons. The van der Waals surface area contributed by atoms with Gasteiger partial charge in [-0.05, 0) is 31.3 Å². The number of carbonyl (C=O) groups is 3. The standard InChI is InChI=1S/C15H30N4O4S/c1-5-8(2)11(13(17)21)18-15(23)12(9(3)20)19-14(22)10(16)6-7-24-4/h8-12,20H,5-7,16H2,1-4H3,(H2,17,21)(H,18,23)(H,19,22)/t8-,9+,10-,11-,12-/m0/s1. The quantitative estimate of drug-likeness (QED) is 0.317. The van der Waals surface area contributed by atoms with Crippen molar-refractivity contribution in [2.45, 2.75) is 57.8 Å². The van der Waals surface area contributed by atoms with Crippen LogP contribution in [0.4, 0.5) is 0 Å². The summed E-state index contributed by atoms with van der Waals surface area (Å²) >= 11 is 1.56. The van der Waals surface area contributed by atoms with Crippen molar-refractivity contribution in [2.75, 3.05) is 12.0 Å². The number of hydrogen-bond donors (Lipinski definition) is 5. The van der Waals surface area contributed by atoms with Crippen molar-refractivity contribution in [3.8, 4) is 0 Å². The average molecular weight is 362 g/mol. The van der Waals surface area contributed by atoms with E-state index in [2.05, 4.69) is 10.6 Å². The third-order valence-electron chi connectivity index (χ3n) is 3.85. The van der Waals surface area contributed by atoms with E-state index in [0.717, 1.165) is 0 Å². The lowest BCUT2D eigenvalue weighted by Crippen LogP contribution is -2.59. The largest absolute Gasteiger partial charge is 0.391 e. The van der Waals surface area contributed by atoms with E-state index in [1.54, 1.807) is 18.7 Å². The zero-order valence-corrected chi connectivity index (χ0v) is 15.6. The number of amides is 3. The van der Waals surface area contributed by atoms with E-state index in [-0.39, 0.29) is 5.92 Å². The molecule has 0 spiro atoms. The van der Waals surface area contributed by atoms with Gasteiger partial charge >= 0.3 is 0 Å². The first-order valence-electron chi connectivity index (χ1n) is 7.98. The van der Waals surface area contributed by atoms with Crippen LogP contribution >= 0.6 is 11.8 Å². The molecule has 0 unspecified atom stereocenters. The zero-order valence-electron chi connectivity index (χ0n) is 14.7. The second-order valence-electron chi connectivity index (χ2n) is 5.89. The van der Waals surface area contributed by atoms with Crippen molar-refractivity contribution in [1.29, 1.82) is 0 Å². The van der Waals surface area contributed by atoms with Crippen LogP contribution in [0.3, 0.4) is 0 Å². The van der Waals surface area contributed by atoms with Gasteiger partial charge in [-0.2, -0.15) is 11.8 Å². The molecule has 0 rings (SSSR count). The van der Waals surface area contributed by atoms with E-state index >= 15 is 0 Å². The van der Waals surface area contributed by atoms with Crippen LogP contribution in [0, 0.1) is 5.92 Å². The molecule has 8 nitrogen and oxygen atoms in total. The van der Waals surface area contributed by atoms with Gasteiger partial charge in [-0.3, -0.25) is 14.4 Å². The average Bonchev–Trinajstić information content (AvgIpc) is 2.53. The second kappa shape index (κ2) is 11.3. The van der Waals surface area contributed by atoms with E-state index in [0.29, 0.717) is 18.6 Å². The number of hydrogen-bond acceptors (Lipinski definition) is 6. The molecule has 0 aliphatic heterocycles. The molecule has 0 aromatic carbocycles. The highest BCUT2D eigenvalue weighted by atomic mass is 32.2. The molecule has 0 bridgehead atoms. The number of aliphatic hydroxyl groups is 1. The normalized spacial score (nSPS) is 17.2. The Labute approximate surface area is 147 Å². The Bertz CT molecular complexity index is 434. The highest BCUT2D eigenvalue weighted by molar-refractivity contribution is 7.98. The highest BCUT2D eigenvalue weighted by Crippen LogP contribution is 2.08. The van der Waals surface area contributed by atoms with Crippen molar-refractivity contribution in [2.24, 2.45) is 17.4 Å². The summed E-state index contributed by atoms with van der Waals surface area (Å²) in [5.74, 6) is -1.31. The maximum absolute atomic E-state index is 12.4. The van der Waals surface area contributed by atoms with Gasteiger partial charge in [-0.25, -0.2) is 0 Å². The monoisotopic (exact) mass is 362 g/mol. The van der Waals surface area contributed by atoms with Gasteiger partial charge in [0.25, 0.3) is 0 Å². The summed E-state index contributed by atoms with van der Waals surface area (Å²) in [5, 5.41) is 14.7. The molecule has 3 amide bonds. The van der Waals surface area contributed by atoms with Gasteiger partial charge in [0, 0.05) is 0 Å². The summed E-state index contributed by atoms with van der Waals surface area (Å²) in [6, 6.07) is -2.84. The minimum Gasteiger partial charge on any atom is -0.391 e. The summed E-state index contributed by atoms with van der Waals surface area (Å²) < 4.78 is 0. The van der Waals surface area contributed by atoms with Crippen LogP contribution in [-0.4, -0.2) is 59.1 Å². The third-order valence-corrected chi connectivity index (χ3v) is 4.49. The molecule has 5 atom stereocenters. The smallest absolute Gasteiger partial charge is 0.245 e. The molecular weight excluding hydrogens is 332 g/mol. The Balaban J connectivity index is 4.94. The summed E-state index contributed by atoms with van der Waals surface area (Å²) in [4.78, 5) is 35.9. The van der Waals surface area contributed by atoms with Crippen molar-refractivity contribution in [1.82, 2.24) is 10.6 Å². The van der Waals surface area contributed by atoms with E-state index in [1.807, 2.05) is 13.2 Å². The van der Waals surface area contributed by atoms with Crippen LogP contribution in [0.2, 0.25) is 0 Å². The summed E-state index contributed by atoms with van der Waals surface area (Å²) in [6.07, 6.45) is 1.85. The van der Waals surface area contributed by atoms with Gasteiger partial charge in [-0.15, -0.1) is 0 Å². The molecule has 7 N–H and O–H groups in total. The number of rotatable bonds is 11. The fraction of sp³-hybridized carbons (Fsp3) is 0.800. The molecule has 0 aliphatic carbocycles. The maximum Gasteiger partial charge on any atom is 0.245 e. The molecule has 0 aromatic heterocycles. The molecular formula is C15H30N4O4S. The van der Waals surface area contributed by atoms with Gasteiger partial charge in [-0.1, -0.05) is 20.3 Å². The lowest BCUT2D eigenvalue weighted by molar-refractivity contribution is -0.134. The van der Waals surface area contributed by atoms with E-state index < -0.39 is 42.0 Å². The lowest BCUT2D eigenvalue weighted by Gasteiger charge is -2.27. The molecule has 0 fully saturated rings. The van der Waals surface area contributed by atoms with Crippen LogP contribution < -0.4 is 22.1 Å². The van der Waals surface area contributed by atoms with Crippen molar-refractivity contribution < 1.29 is 19.5 Å². The summed E-state index contributed by atoms with van der Waals surface area (Å²) in [5.41, 5.74) is 11.1.